The molecule has 0 amide bonds. The maximum atomic E-state index is 10.6. The highest BCUT2D eigenvalue weighted by Crippen LogP contribution is 2.03. The van der Waals surface area contributed by atoms with Gasteiger partial charge in [0, 0.05) is 30.6 Å². The Morgan fingerprint density at radius 2 is 2.50 bits per heavy atom. The van der Waals surface area contributed by atoms with Gasteiger partial charge in [-0.15, -0.1) is 0 Å². The summed E-state index contributed by atoms with van der Waals surface area (Å²) in [6.45, 7) is 1.53. The van der Waals surface area contributed by atoms with Gasteiger partial charge < -0.3 is 4.98 Å². The smallest absolute Gasteiger partial charge is 0.312 e. The van der Waals surface area contributed by atoms with Crippen molar-refractivity contribution in [2.24, 2.45) is 0 Å². The first-order valence-electron chi connectivity index (χ1n) is 4.03. The van der Waals surface area contributed by atoms with Crippen LogP contribution in [0.5, 0.6) is 0 Å². The molecule has 1 rings (SSSR count). The summed E-state index contributed by atoms with van der Waals surface area (Å²) in [4.78, 5) is 27.2. The molecule has 0 saturated carbocycles. The Morgan fingerprint density at radius 3 is 3.07 bits per heavy atom. The van der Waals surface area contributed by atoms with E-state index in [2.05, 4.69) is 9.97 Å². The summed E-state index contributed by atoms with van der Waals surface area (Å²) >= 11 is 1.24. The van der Waals surface area contributed by atoms with Crippen LogP contribution in [0.2, 0.25) is 0 Å². The molecule has 0 fully saturated rings. The lowest BCUT2D eigenvalue weighted by Crippen LogP contribution is -2.07. The summed E-state index contributed by atoms with van der Waals surface area (Å²) < 4.78 is 0. The highest BCUT2D eigenvalue weighted by Gasteiger charge is 1.90. The van der Waals surface area contributed by atoms with Crippen molar-refractivity contribution < 1.29 is 4.79 Å². The van der Waals surface area contributed by atoms with Crippen LogP contribution in [-0.4, -0.2) is 20.8 Å². The zero-order valence-electron chi connectivity index (χ0n) is 7.69. The molecule has 0 aliphatic rings. The maximum Gasteiger partial charge on any atom is 0.344 e. The van der Waals surface area contributed by atoms with Crippen LogP contribution in [0.4, 0.5) is 0 Å². The monoisotopic (exact) mass is 210 g/mol. The highest BCUT2D eigenvalue weighted by molar-refractivity contribution is 8.13. The van der Waals surface area contributed by atoms with Crippen molar-refractivity contribution in [3.8, 4) is 0 Å². The van der Waals surface area contributed by atoms with Gasteiger partial charge in [0.2, 0.25) is 0 Å². The minimum Gasteiger partial charge on any atom is -0.312 e. The topological polar surface area (TPSA) is 62.8 Å². The minimum atomic E-state index is -0.361. The number of carbonyl (C=O) groups is 1. The van der Waals surface area contributed by atoms with E-state index >= 15 is 0 Å². The number of hydrogen-bond donors (Lipinski definition) is 1. The van der Waals surface area contributed by atoms with Gasteiger partial charge in [-0.2, -0.15) is 0 Å². The minimum absolute atomic E-state index is 0.0919. The Balaban J connectivity index is 2.48. The van der Waals surface area contributed by atoms with Gasteiger partial charge in [0.1, 0.15) is 0 Å². The average molecular weight is 210 g/mol. The average Bonchev–Trinajstić information content (AvgIpc) is 2.15. The third-order valence-corrected chi connectivity index (χ3v) is 2.15. The van der Waals surface area contributed by atoms with Crippen LogP contribution in [0.25, 0.3) is 6.08 Å². The second kappa shape index (κ2) is 5.39. The van der Waals surface area contributed by atoms with Gasteiger partial charge in [0.25, 0.3) is 0 Å². The normalized spacial score (nSPS) is 10.6. The molecule has 0 atom stereocenters. The molecule has 0 bridgehead atoms. The number of nitrogens with zero attached hydrogens (tertiary/aromatic N) is 1. The number of hydrogen-bond acceptors (Lipinski definition) is 4. The molecule has 0 saturated heterocycles. The molecule has 1 heterocycles. The van der Waals surface area contributed by atoms with Crippen molar-refractivity contribution in [1.29, 1.82) is 0 Å². The van der Waals surface area contributed by atoms with E-state index in [0.717, 1.165) is 5.56 Å². The molecule has 0 aromatic carbocycles. The van der Waals surface area contributed by atoms with Crippen molar-refractivity contribution in [2.75, 3.05) is 5.75 Å². The molecule has 74 valence electrons. The van der Waals surface area contributed by atoms with E-state index in [9.17, 15) is 9.59 Å². The lowest BCUT2D eigenvalue weighted by molar-refractivity contribution is -0.109. The number of nitrogens with one attached hydrogen (secondary N) is 1. The highest BCUT2D eigenvalue weighted by atomic mass is 32.2. The molecule has 1 aromatic heterocycles. The fourth-order valence-electron chi connectivity index (χ4n) is 0.794. The van der Waals surface area contributed by atoms with E-state index in [1.54, 1.807) is 12.3 Å². The van der Waals surface area contributed by atoms with Crippen molar-refractivity contribution in [2.45, 2.75) is 6.92 Å². The fourth-order valence-corrected chi connectivity index (χ4v) is 1.22. The largest absolute Gasteiger partial charge is 0.344 e. The van der Waals surface area contributed by atoms with Crippen LogP contribution >= 0.6 is 11.8 Å². The molecule has 14 heavy (non-hydrogen) atoms. The molecule has 1 aromatic rings. The zero-order chi connectivity index (χ0) is 10.4. The zero-order valence-corrected chi connectivity index (χ0v) is 8.50. The molecule has 0 aliphatic heterocycles. The Labute approximate surface area is 85.5 Å². The van der Waals surface area contributed by atoms with Crippen LogP contribution in [0.3, 0.4) is 0 Å². The molecule has 0 unspecified atom stereocenters. The molecule has 5 heteroatoms. The predicted molar refractivity (Wildman–Crippen MR) is 57.0 cm³/mol. The predicted octanol–water partition coefficient (Wildman–Crippen LogP) is 1.06. The van der Waals surface area contributed by atoms with E-state index in [1.807, 2.05) is 6.08 Å². The summed E-state index contributed by atoms with van der Waals surface area (Å²) in [7, 11) is 0. The number of rotatable bonds is 3. The van der Waals surface area contributed by atoms with Gasteiger partial charge in [-0.3, -0.25) is 4.79 Å². The number of thioether (sulfide) groups is 1. The van der Waals surface area contributed by atoms with Gasteiger partial charge >= 0.3 is 5.69 Å². The van der Waals surface area contributed by atoms with Gasteiger partial charge in [-0.05, 0) is 0 Å². The fraction of sp³-hybridized carbons (Fsp3) is 0.222. The van der Waals surface area contributed by atoms with E-state index in [0.29, 0.717) is 5.75 Å². The number of H-pyrrole nitrogens is 1. The van der Waals surface area contributed by atoms with E-state index < -0.39 is 0 Å². The molecule has 4 nitrogen and oxygen atoms in total. The molecular formula is C9H10N2O2S. The van der Waals surface area contributed by atoms with Crippen molar-refractivity contribution in [1.82, 2.24) is 9.97 Å². The van der Waals surface area contributed by atoms with E-state index in [4.69, 9.17) is 0 Å². The summed E-state index contributed by atoms with van der Waals surface area (Å²) in [5, 5.41) is 0.0919. The van der Waals surface area contributed by atoms with Gasteiger partial charge in [-0.25, -0.2) is 9.78 Å². The standard InChI is InChI=1S/C9H10N2O2S/c1-7(12)14-4-2-3-8-5-10-9(13)11-6-8/h2-3,5-6H,4H2,1H3,(H,10,11,13). The molecule has 1 N–H and O–H groups in total. The number of aromatic nitrogens is 2. The third-order valence-electron chi connectivity index (χ3n) is 1.39. The lowest BCUT2D eigenvalue weighted by Gasteiger charge is -1.90. The number of aromatic amines is 1. The second-order valence-electron chi connectivity index (χ2n) is 2.56. The van der Waals surface area contributed by atoms with Crippen LogP contribution in [-0.2, 0) is 4.79 Å². The molecular weight excluding hydrogens is 200 g/mol. The summed E-state index contributed by atoms with van der Waals surface area (Å²) in [5.41, 5.74) is 0.453. The maximum absolute atomic E-state index is 10.6. The Morgan fingerprint density at radius 1 is 1.71 bits per heavy atom. The second-order valence-corrected chi connectivity index (χ2v) is 3.75. The van der Waals surface area contributed by atoms with Crippen LogP contribution in [0, 0.1) is 0 Å². The third kappa shape index (κ3) is 4.04. The number of carbonyl (C=O) groups excluding carboxylic acids is 1. The van der Waals surface area contributed by atoms with Gasteiger partial charge in [0.15, 0.2) is 5.12 Å². The summed E-state index contributed by atoms with van der Waals surface area (Å²) in [6, 6.07) is 0. The SMILES string of the molecule is CC(=O)SCC=Cc1cnc(=O)[nH]c1. The Hall–Kier alpha value is -1.36. The molecule has 0 spiro atoms. The quantitative estimate of drug-likeness (QED) is 0.810. The Bertz CT molecular complexity index is 378. The van der Waals surface area contributed by atoms with Crippen molar-refractivity contribution in [3.63, 3.8) is 0 Å². The summed E-state index contributed by atoms with van der Waals surface area (Å²) in [5.74, 6) is 0.633. The van der Waals surface area contributed by atoms with Crippen molar-refractivity contribution >= 4 is 23.0 Å². The van der Waals surface area contributed by atoms with Gasteiger partial charge in [-0.1, -0.05) is 23.9 Å². The van der Waals surface area contributed by atoms with E-state index in [-0.39, 0.29) is 10.8 Å². The van der Waals surface area contributed by atoms with Crippen LogP contribution in [0.1, 0.15) is 12.5 Å². The Kier molecular flexibility index (Phi) is 4.12. The first-order chi connectivity index (χ1) is 6.68. The van der Waals surface area contributed by atoms with Gasteiger partial charge in [0.05, 0.1) is 0 Å². The molecule has 0 radical (unpaired) electrons. The first-order valence-corrected chi connectivity index (χ1v) is 5.01. The van der Waals surface area contributed by atoms with E-state index in [1.165, 1.54) is 24.9 Å². The first kappa shape index (κ1) is 10.7. The van der Waals surface area contributed by atoms with Crippen LogP contribution in [0.15, 0.2) is 23.3 Å². The van der Waals surface area contributed by atoms with Crippen molar-refractivity contribution in [3.05, 3.63) is 34.5 Å². The van der Waals surface area contributed by atoms with Crippen LogP contribution < -0.4 is 5.69 Å². The lowest BCUT2D eigenvalue weighted by atomic mass is 10.3. The summed E-state index contributed by atoms with van der Waals surface area (Å²) in [6.07, 6.45) is 6.71. The molecule has 0 aliphatic carbocycles.